The fourth-order valence-electron chi connectivity index (χ4n) is 2.26. The van der Waals surface area contributed by atoms with Crippen LogP contribution >= 0.6 is 22.9 Å². The van der Waals surface area contributed by atoms with Crippen LogP contribution in [-0.2, 0) is 0 Å². The van der Waals surface area contributed by atoms with E-state index in [2.05, 4.69) is 39.0 Å². The van der Waals surface area contributed by atoms with Crippen molar-refractivity contribution in [3.05, 3.63) is 50.7 Å². The lowest BCUT2D eigenvalue weighted by Crippen LogP contribution is -2.28. The maximum absolute atomic E-state index is 6.28. The molecule has 0 radical (unpaired) electrons. The van der Waals surface area contributed by atoms with Gasteiger partial charge in [0.25, 0.3) is 0 Å². The Hall–Kier alpha value is -1.03. The first-order chi connectivity index (χ1) is 9.88. The van der Waals surface area contributed by atoms with Crippen LogP contribution in [0.15, 0.2) is 30.3 Å². The molecular formula is C17H22ClNOS. The van der Waals surface area contributed by atoms with E-state index < -0.39 is 0 Å². The van der Waals surface area contributed by atoms with Gasteiger partial charge in [-0.3, -0.25) is 0 Å². The smallest absolute Gasteiger partial charge is 0.148 e. The van der Waals surface area contributed by atoms with E-state index in [4.69, 9.17) is 22.1 Å². The van der Waals surface area contributed by atoms with Gasteiger partial charge in [-0.25, -0.2) is 0 Å². The van der Waals surface area contributed by atoms with Gasteiger partial charge in [0.05, 0.1) is 4.34 Å². The molecule has 21 heavy (non-hydrogen) atoms. The van der Waals surface area contributed by atoms with Crippen LogP contribution in [0.25, 0.3) is 0 Å². The first kappa shape index (κ1) is 16.3. The molecule has 0 saturated carbocycles. The lowest BCUT2D eigenvalue weighted by Gasteiger charge is -2.24. The number of halogens is 1. The monoisotopic (exact) mass is 323 g/mol. The van der Waals surface area contributed by atoms with Crippen LogP contribution in [-0.4, -0.2) is 6.04 Å². The summed E-state index contributed by atoms with van der Waals surface area (Å²) in [6, 6.07) is 10.1. The molecule has 2 rings (SSSR count). The number of thiophene rings is 1. The molecule has 0 fully saturated rings. The third kappa shape index (κ3) is 4.00. The Kier molecular flexibility index (Phi) is 5.31. The maximum atomic E-state index is 6.28. The Balaban J connectivity index is 2.35. The molecule has 0 spiro atoms. The molecule has 0 bridgehead atoms. The number of ether oxygens (including phenoxy) is 1. The maximum Gasteiger partial charge on any atom is 0.148 e. The van der Waals surface area contributed by atoms with Crippen LogP contribution in [0.5, 0.6) is 5.75 Å². The Labute approximate surface area is 135 Å². The summed E-state index contributed by atoms with van der Waals surface area (Å²) in [7, 11) is 0. The van der Waals surface area contributed by atoms with Gasteiger partial charge in [-0.15, -0.1) is 11.3 Å². The zero-order valence-corrected chi connectivity index (χ0v) is 14.5. The van der Waals surface area contributed by atoms with Gasteiger partial charge in [-0.1, -0.05) is 37.6 Å². The second-order valence-electron chi connectivity index (χ2n) is 5.74. The minimum Gasteiger partial charge on any atom is -0.483 e. The van der Waals surface area contributed by atoms with Crippen LogP contribution in [0.3, 0.4) is 0 Å². The van der Waals surface area contributed by atoms with Crippen molar-refractivity contribution in [2.75, 3.05) is 0 Å². The van der Waals surface area contributed by atoms with Crippen LogP contribution in [0.2, 0.25) is 4.34 Å². The second-order valence-corrected chi connectivity index (χ2v) is 7.48. The molecule has 4 heteroatoms. The van der Waals surface area contributed by atoms with Gasteiger partial charge in [-0.2, -0.15) is 0 Å². The summed E-state index contributed by atoms with van der Waals surface area (Å²) in [5.74, 6) is 1.32. The van der Waals surface area contributed by atoms with Gasteiger partial charge >= 0.3 is 0 Å². The van der Waals surface area contributed by atoms with Crippen LogP contribution in [0.4, 0.5) is 0 Å². The summed E-state index contributed by atoms with van der Waals surface area (Å²) in [6.07, 6.45) is -0.179. The van der Waals surface area contributed by atoms with Gasteiger partial charge in [0, 0.05) is 10.9 Å². The van der Waals surface area contributed by atoms with Crippen molar-refractivity contribution in [3.63, 3.8) is 0 Å². The van der Waals surface area contributed by atoms with Crippen molar-refractivity contribution in [2.45, 2.75) is 45.8 Å². The van der Waals surface area contributed by atoms with Crippen molar-refractivity contribution in [1.29, 1.82) is 0 Å². The van der Waals surface area contributed by atoms with Crippen molar-refractivity contribution >= 4 is 22.9 Å². The molecule has 2 atom stereocenters. The Morgan fingerprint density at radius 2 is 1.86 bits per heavy atom. The van der Waals surface area contributed by atoms with Gasteiger partial charge < -0.3 is 10.5 Å². The second kappa shape index (κ2) is 6.82. The highest BCUT2D eigenvalue weighted by Gasteiger charge is 2.22. The Bertz CT molecular complexity index is 607. The summed E-state index contributed by atoms with van der Waals surface area (Å²) in [4.78, 5) is 1.06. The summed E-state index contributed by atoms with van der Waals surface area (Å²) in [6.45, 7) is 8.36. The molecule has 0 aliphatic rings. The molecule has 0 saturated heterocycles. The van der Waals surface area contributed by atoms with E-state index in [1.54, 1.807) is 0 Å². The summed E-state index contributed by atoms with van der Waals surface area (Å²) in [5, 5.41) is 0. The summed E-state index contributed by atoms with van der Waals surface area (Å²) < 4.78 is 7.03. The number of hydrogen-bond acceptors (Lipinski definition) is 3. The zero-order valence-electron chi connectivity index (χ0n) is 12.9. The molecule has 1 aromatic carbocycles. The third-order valence-electron chi connectivity index (χ3n) is 3.40. The van der Waals surface area contributed by atoms with E-state index in [1.807, 2.05) is 19.1 Å². The highest BCUT2D eigenvalue weighted by atomic mass is 35.5. The summed E-state index contributed by atoms with van der Waals surface area (Å²) in [5.41, 5.74) is 8.51. The van der Waals surface area contributed by atoms with E-state index in [-0.39, 0.29) is 12.1 Å². The lowest BCUT2D eigenvalue weighted by molar-refractivity contribution is 0.181. The molecule has 2 nitrogen and oxygen atoms in total. The lowest BCUT2D eigenvalue weighted by atomic mass is 10.0. The zero-order chi connectivity index (χ0) is 15.6. The van der Waals surface area contributed by atoms with Crippen molar-refractivity contribution < 1.29 is 4.74 Å². The normalized spacial score (nSPS) is 14.2. The number of hydrogen-bond donors (Lipinski definition) is 1. The fourth-order valence-corrected chi connectivity index (χ4v) is 3.47. The molecule has 2 N–H and O–H groups in total. The van der Waals surface area contributed by atoms with Crippen molar-refractivity contribution in [2.24, 2.45) is 5.73 Å². The van der Waals surface area contributed by atoms with Crippen molar-refractivity contribution in [1.82, 2.24) is 0 Å². The molecule has 0 amide bonds. The molecular weight excluding hydrogens is 302 g/mol. The number of benzene rings is 1. The van der Waals surface area contributed by atoms with Crippen LogP contribution in [0, 0.1) is 6.92 Å². The van der Waals surface area contributed by atoms with E-state index in [0.717, 1.165) is 15.0 Å². The van der Waals surface area contributed by atoms with E-state index in [9.17, 15) is 0 Å². The minimum absolute atomic E-state index is 0.111. The molecule has 0 aliphatic carbocycles. The average Bonchev–Trinajstić information content (AvgIpc) is 2.81. The molecule has 2 aromatic rings. The molecule has 1 heterocycles. The highest BCUT2D eigenvalue weighted by Crippen LogP contribution is 2.35. The van der Waals surface area contributed by atoms with E-state index in [1.165, 1.54) is 22.5 Å². The van der Waals surface area contributed by atoms with Crippen molar-refractivity contribution in [3.8, 4) is 5.75 Å². The molecule has 0 aliphatic heterocycles. The van der Waals surface area contributed by atoms with Gasteiger partial charge in [0.2, 0.25) is 0 Å². The third-order valence-corrected chi connectivity index (χ3v) is 4.69. The quantitative estimate of drug-likeness (QED) is 0.810. The number of rotatable bonds is 5. The van der Waals surface area contributed by atoms with Gasteiger partial charge in [0.1, 0.15) is 11.9 Å². The topological polar surface area (TPSA) is 35.2 Å². The minimum atomic E-state index is -0.179. The standard InChI is InChI=1S/C17H22ClNOS/c1-10(2)13-6-5-11(3)9-14(13)20-17(12(4)19)15-7-8-16(18)21-15/h5-10,12,17H,19H2,1-4H3. The van der Waals surface area contributed by atoms with Gasteiger partial charge in [-0.05, 0) is 49.1 Å². The van der Waals surface area contributed by atoms with Crippen LogP contribution in [0.1, 0.15) is 48.8 Å². The number of aryl methyl sites for hydroxylation is 1. The Morgan fingerprint density at radius 1 is 1.14 bits per heavy atom. The average molecular weight is 324 g/mol. The van der Waals surface area contributed by atoms with Crippen LogP contribution < -0.4 is 10.5 Å². The summed E-state index contributed by atoms with van der Waals surface area (Å²) >= 11 is 7.56. The molecule has 114 valence electrons. The predicted molar refractivity (Wildman–Crippen MR) is 91.6 cm³/mol. The highest BCUT2D eigenvalue weighted by molar-refractivity contribution is 7.16. The first-order valence-electron chi connectivity index (χ1n) is 7.16. The largest absolute Gasteiger partial charge is 0.483 e. The Morgan fingerprint density at radius 3 is 2.38 bits per heavy atom. The fraction of sp³-hybridized carbons (Fsp3) is 0.412. The molecule has 1 aromatic heterocycles. The predicted octanol–water partition coefficient (Wildman–Crippen LogP) is 5.30. The van der Waals surface area contributed by atoms with Gasteiger partial charge in [0.15, 0.2) is 0 Å². The SMILES string of the molecule is Cc1ccc(C(C)C)c(OC(c2ccc(Cl)s2)C(C)N)c1. The van der Waals surface area contributed by atoms with E-state index >= 15 is 0 Å². The molecule has 2 unspecified atom stereocenters. The first-order valence-corrected chi connectivity index (χ1v) is 8.36. The number of nitrogens with two attached hydrogens (primary N) is 1. The van der Waals surface area contributed by atoms with E-state index in [0.29, 0.717) is 5.92 Å².